The van der Waals surface area contributed by atoms with Crippen LogP contribution < -0.4 is 10.6 Å². The molecule has 2 amide bonds. The van der Waals surface area contributed by atoms with Crippen LogP contribution >= 0.6 is 0 Å². The summed E-state index contributed by atoms with van der Waals surface area (Å²) in [6.07, 6.45) is 44.8. The summed E-state index contributed by atoms with van der Waals surface area (Å²) in [5, 5.41) is 22.5. The molecular formula is C45H80N2O7. The fourth-order valence-corrected chi connectivity index (χ4v) is 6.19. The Morgan fingerprint density at radius 2 is 1.06 bits per heavy atom. The van der Waals surface area contributed by atoms with Gasteiger partial charge in [0, 0.05) is 12.8 Å². The molecule has 0 rings (SSSR count). The van der Waals surface area contributed by atoms with E-state index in [1.165, 1.54) is 89.9 Å². The minimum absolute atomic E-state index is 0.102. The number of hydrogen-bond acceptors (Lipinski definition) is 6. The molecule has 0 bridgehead atoms. The SMILES string of the molecule is CCCCCC/C=C\C/C=C\C(CCCCCCCCC(=O)NCC(=O)NC(CO)C(=O)O)OC(=O)CCCCCCC/C=C\CCCCCCCCC. The van der Waals surface area contributed by atoms with E-state index >= 15 is 0 Å². The Kier molecular flexibility index (Phi) is 37.6. The van der Waals surface area contributed by atoms with E-state index in [1.54, 1.807) is 0 Å². The molecule has 0 aromatic carbocycles. The van der Waals surface area contributed by atoms with E-state index in [0.29, 0.717) is 19.3 Å². The number of allylic oxidation sites excluding steroid dienone is 5. The van der Waals surface area contributed by atoms with Gasteiger partial charge in [-0.3, -0.25) is 14.4 Å². The number of aliphatic hydroxyl groups excluding tert-OH is 1. The number of amides is 2. The smallest absolute Gasteiger partial charge is 0.328 e. The summed E-state index contributed by atoms with van der Waals surface area (Å²) in [7, 11) is 0. The van der Waals surface area contributed by atoms with Crippen molar-refractivity contribution in [3.8, 4) is 0 Å². The lowest BCUT2D eigenvalue weighted by Gasteiger charge is -2.15. The van der Waals surface area contributed by atoms with Crippen molar-refractivity contribution in [2.75, 3.05) is 13.2 Å². The average molecular weight is 761 g/mol. The molecule has 0 radical (unpaired) electrons. The highest BCUT2D eigenvalue weighted by Crippen LogP contribution is 2.15. The molecule has 0 saturated carbocycles. The number of rotatable bonds is 39. The van der Waals surface area contributed by atoms with Crippen LogP contribution in [-0.4, -0.2) is 59.3 Å². The molecule has 0 aliphatic heterocycles. The molecule has 0 aliphatic rings. The molecular weight excluding hydrogens is 681 g/mol. The van der Waals surface area contributed by atoms with Crippen molar-refractivity contribution in [2.24, 2.45) is 0 Å². The van der Waals surface area contributed by atoms with Crippen molar-refractivity contribution in [1.29, 1.82) is 0 Å². The molecule has 2 atom stereocenters. The average Bonchev–Trinajstić information content (AvgIpc) is 3.15. The van der Waals surface area contributed by atoms with Crippen LogP contribution in [0.4, 0.5) is 0 Å². The van der Waals surface area contributed by atoms with Gasteiger partial charge in [0.2, 0.25) is 11.8 Å². The minimum atomic E-state index is -1.38. The van der Waals surface area contributed by atoms with Crippen LogP contribution in [0.3, 0.4) is 0 Å². The number of carbonyl (C=O) groups is 4. The number of hydrogen-bond donors (Lipinski definition) is 4. The first-order valence-corrected chi connectivity index (χ1v) is 21.9. The molecule has 312 valence electrons. The van der Waals surface area contributed by atoms with Crippen molar-refractivity contribution < 1.29 is 34.1 Å². The van der Waals surface area contributed by atoms with Gasteiger partial charge in [-0.15, -0.1) is 0 Å². The zero-order valence-corrected chi connectivity index (χ0v) is 34.5. The van der Waals surface area contributed by atoms with E-state index in [1.807, 2.05) is 0 Å². The monoisotopic (exact) mass is 761 g/mol. The van der Waals surface area contributed by atoms with Gasteiger partial charge in [0.15, 0.2) is 0 Å². The van der Waals surface area contributed by atoms with Gasteiger partial charge < -0.3 is 25.6 Å². The van der Waals surface area contributed by atoms with Gasteiger partial charge in [-0.25, -0.2) is 4.79 Å². The molecule has 2 unspecified atom stereocenters. The Hall–Kier alpha value is -2.94. The quantitative estimate of drug-likeness (QED) is 0.0277. The van der Waals surface area contributed by atoms with Gasteiger partial charge in [0.25, 0.3) is 0 Å². The first-order chi connectivity index (χ1) is 26.3. The van der Waals surface area contributed by atoms with Crippen LogP contribution in [0.2, 0.25) is 0 Å². The highest BCUT2D eigenvalue weighted by atomic mass is 16.5. The lowest BCUT2D eigenvalue weighted by Crippen LogP contribution is -2.47. The molecule has 0 fully saturated rings. The largest absolute Gasteiger partial charge is 0.480 e. The second kappa shape index (κ2) is 39.7. The van der Waals surface area contributed by atoms with Gasteiger partial charge in [0.1, 0.15) is 12.1 Å². The molecule has 9 nitrogen and oxygen atoms in total. The van der Waals surface area contributed by atoms with E-state index in [9.17, 15) is 19.2 Å². The van der Waals surface area contributed by atoms with Gasteiger partial charge in [-0.2, -0.15) is 0 Å². The normalized spacial score (nSPS) is 12.8. The molecule has 4 N–H and O–H groups in total. The fraction of sp³-hybridized carbons (Fsp3) is 0.778. The predicted octanol–water partition coefficient (Wildman–Crippen LogP) is 10.6. The molecule has 54 heavy (non-hydrogen) atoms. The minimum Gasteiger partial charge on any atom is -0.480 e. The van der Waals surface area contributed by atoms with E-state index in [4.69, 9.17) is 14.9 Å². The van der Waals surface area contributed by atoms with Crippen LogP contribution in [0, 0.1) is 0 Å². The van der Waals surface area contributed by atoms with Gasteiger partial charge in [-0.05, 0) is 76.7 Å². The maximum Gasteiger partial charge on any atom is 0.328 e. The maximum atomic E-state index is 12.7. The van der Waals surface area contributed by atoms with Crippen molar-refractivity contribution in [2.45, 2.75) is 212 Å². The Balaban J connectivity index is 4.29. The first kappa shape index (κ1) is 51.1. The summed E-state index contributed by atoms with van der Waals surface area (Å²) >= 11 is 0. The standard InChI is InChI=1S/C45H80N2O7/c1-3-5-7-9-11-13-14-15-16-17-18-19-21-23-29-33-37-44(51)54-40(34-30-26-22-20-12-10-8-6-4-2)35-31-27-24-25-28-32-36-42(49)46-38-43(50)47-41(39-48)45(52)53/h16-17,20,22,30,34,40-41,48H,3-15,18-19,21,23-29,31-33,35-39H2,1-2H3,(H,46,49)(H,47,50)(H,52,53)/b17-16-,22-20-,34-30-. The zero-order chi connectivity index (χ0) is 39.7. The fourth-order valence-electron chi connectivity index (χ4n) is 6.19. The summed E-state index contributed by atoms with van der Waals surface area (Å²) in [4.78, 5) is 47.4. The highest BCUT2D eigenvalue weighted by Gasteiger charge is 2.18. The van der Waals surface area contributed by atoms with Crippen LogP contribution in [0.25, 0.3) is 0 Å². The molecule has 0 heterocycles. The summed E-state index contributed by atoms with van der Waals surface area (Å²) < 4.78 is 5.92. The molecule has 0 aromatic rings. The van der Waals surface area contributed by atoms with Crippen LogP contribution in [0.1, 0.15) is 200 Å². The number of aliphatic carboxylic acids is 1. The van der Waals surface area contributed by atoms with E-state index in [-0.39, 0.29) is 24.5 Å². The Labute approximate surface area is 329 Å². The molecule has 9 heteroatoms. The lowest BCUT2D eigenvalue weighted by atomic mass is 10.1. The second-order valence-electron chi connectivity index (χ2n) is 14.8. The van der Waals surface area contributed by atoms with Gasteiger partial charge in [-0.1, -0.05) is 147 Å². The third-order valence-electron chi connectivity index (χ3n) is 9.59. The summed E-state index contributed by atoms with van der Waals surface area (Å²) in [6.45, 7) is 3.45. The lowest BCUT2D eigenvalue weighted by molar-refractivity contribution is -0.147. The van der Waals surface area contributed by atoms with Crippen LogP contribution in [0.5, 0.6) is 0 Å². The van der Waals surface area contributed by atoms with Crippen molar-refractivity contribution >= 4 is 23.8 Å². The number of nitrogens with one attached hydrogen (secondary N) is 2. The van der Waals surface area contributed by atoms with Gasteiger partial charge >= 0.3 is 11.9 Å². The summed E-state index contributed by atoms with van der Waals surface area (Å²) in [5.74, 6) is -2.35. The predicted molar refractivity (Wildman–Crippen MR) is 222 cm³/mol. The van der Waals surface area contributed by atoms with E-state index < -0.39 is 24.5 Å². The van der Waals surface area contributed by atoms with Gasteiger partial charge in [0.05, 0.1) is 13.2 Å². The Morgan fingerprint density at radius 3 is 1.61 bits per heavy atom. The Bertz CT molecular complexity index is 1010. The van der Waals surface area contributed by atoms with Crippen molar-refractivity contribution in [1.82, 2.24) is 10.6 Å². The Morgan fingerprint density at radius 1 is 0.574 bits per heavy atom. The zero-order valence-electron chi connectivity index (χ0n) is 34.5. The maximum absolute atomic E-state index is 12.7. The number of carboxylic acid groups (broad SMARTS) is 1. The summed E-state index contributed by atoms with van der Waals surface area (Å²) in [5.41, 5.74) is 0. The van der Waals surface area contributed by atoms with E-state index in [0.717, 1.165) is 77.0 Å². The number of esters is 1. The second-order valence-corrected chi connectivity index (χ2v) is 14.8. The summed E-state index contributed by atoms with van der Waals surface area (Å²) in [6, 6.07) is -1.38. The third kappa shape index (κ3) is 36.1. The number of unbranched alkanes of at least 4 members (excludes halogenated alkanes) is 21. The third-order valence-corrected chi connectivity index (χ3v) is 9.59. The molecule has 0 saturated heterocycles. The first-order valence-electron chi connectivity index (χ1n) is 21.9. The number of carbonyl (C=O) groups excluding carboxylic acids is 3. The number of aliphatic hydroxyl groups is 1. The number of carboxylic acids is 1. The number of ether oxygens (including phenoxy) is 1. The van der Waals surface area contributed by atoms with Crippen molar-refractivity contribution in [3.05, 3.63) is 36.5 Å². The highest BCUT2D eigenvalue weighted by molar-refractivity contribution is 5.87. The topological polar surface area (TPSA) is 142 Å². The molecule has 0 spiro atoms. The van der Waals surface area contributed by atoms with E-state index in [2.05, 4.69) is 60.9 Å². The molecule has 0 aliphatic carbocycles. The van der Waals surface area contributed by atoms with Crippen LogP contribution in [0.15, 0.2) is 36.5 Å². The van der Waals surface area contributed by atoms with Crippen LogP contribution in [-0.2, 0) is 23.9 Å². The van der Waals surface area contributed by atoms with Crippen molar-refractivity contribution in [3.63, 3.8) is 0 Å². The molecule has 0 aromatic heterocycles.